The van der Waals surface area contributed by atoms with E-state index in [9.17, 15) is 14.4 Å². The van der Waals surface area contributed by atoms with Crippen molar-refractivity contribution < 1.29 is 66.1 Å². The van der Waals surface area contributed by atoms with Crippen molar-refractivity contribution in [1.82, 2.24) is 0 Å². The van der Waals surface area contributed by atoms with Crippen molar-refractivity contribution >= 4 is 17.9 Å². The molecule has 0 aliphatic carbocycles. The summed E-state index contributed by atoms with van der Waals surface area (Å²) in [5.41, 5.74) is 3.51. The first-order valence-electron chi connectivity index (χ1n) is 20.2. The van der Waals surface area contributed by atoms with Crippen molar-refractivity contribution in [1.29, 1.82) is 0 Å². The summed E-state index contributed by atoms with van der Waals surface area (Å²) in [5, 5.41) is 0. The lowest BCUT2D eigenvalue weighted by molar-refractivity contribution is -0.422. The molecule has 2 heterocycles. The molecular formula is C47H53FO13. The van der Waals surface area contributed by atoms with Crippen molar-refractivity contribution in [3.63, 3.8) is 0 Å². The molecule has 0 N–H and O–H groups in total. The number of alkyl halides is 1. The van der Waals surface area contributed by atoms with Gasteiger partial charge in [0.15, 0.2) is 30.5 Å². The highest BCUT2D eigenvalue weighted by Gasteiger charge is 2.60. The number of halogens is 1. The Balaban J connectivity index is 1.40. The molecule has 6 rings (SSSR count). The van der Waals surface area contributed by atoms with Crippen LogP contribution in [-0.2, 0) is 88.2 Å². The third kappa shape index (κ3) is 13.0. The van der Waals surface area contributed by atoms with Crippen LogP contribution < -0.4 is 0 Å². The number of benzene rings is 4. The largest absolute Gasteiger partial charge is 0.463 e. The molecule has 4 aromatic carbocycles. The summed E-state index contributed by atoms with van der Waals surface area (Å²) in [6.45, 7) is 5.06. The quantitative estimate of drug-likeness (QED) is 0.0742. The summed E-state index contributed by atoms with van der Waals surface area (Å²) in [7, 11) is 0. The van der Waals surface area contributed by atoms with Gasteiger partial charge in [-0.05, 0) is 29.2 Å². The normalized spacial score (nSPS) is 27.5. The Hall–Kier alpha value is -5.06. The van der Waals surface area contributed by atoms with E-state index in [1.54, 1.807) is 6.92 Å². The third-order valence-corrected chi connectivity index (χ3v) is 10.1. The molecule has 4 aromatic rings. The van der Waals surface area contributed by atoms with Gasteiger partial charge in [0.2, 0.25) is 0 Å². The first-order chi connectivity index (χ1) is 29.5. The average Bonchev–Trinajstić information content (AvgIpc) is 3.25. The van der Waals surface area contributed by atoms with Crippen LogP contribution in [0.25, 0.3) is 0 Å². The zero-order valence-electron chi connectivity index (χ0n) is 34.7. The van der Waals surface area contributed by atoms with Gasteiger partial charge < -0.3 is 47.4 Å². The molecule has 0 saturated carbocycles. The molecule has 0 aromatic heterocycles. The van der Waals surface area contributed by atoms with Crippen LogP contribution in [-0.4, -0.2) is 92.1 Å². The lowest BCUT2D eigenvalue weighted by atomic mass is 9.91. The molecule has 326 valence electrons. The highest BCUT2D eigenvalue weighted by Crippen LogP contribution is 2.41. The summed E-state index contributed by atoms with van der Waals surface area (Å²) in [6.07, 6.45) is -12.5. The van der Waals surface area contributed by atoms with Gasteiger partial charge in [-0.1, -0.05) is 121 Å². The Labute approximate surface area is 355 Å². The second-order valence-electron chi connectivity index (χ2n) is 15.0. The molecule has 0 radical (unpaired) electrons. The SMILES string of the molecule is CC(=O)OC[C@H]1O[C@@H](O[C@@]2(C)O[C@H](COCc3ccccc3)[C@H](OCc3ccccc3)[C@H](OCc3ccccc3)[C@H]2OCc2ccccc2)[C@H](F)[C@@H](OC(C)=O)[C@@H]1OC(C)=O. The predicted octanol–water partition coefficient (Wildman–Crippen LogP) is 6.58. The lowest BCUT2D eigenvalue weighted by Crippen LogP contribution is -2.69. The number of hydrogen-bond acceptors (Lipinski definition) is 13. The van der Waals surface area contributed by atoms with Gasteiger partial charge in [0, 0.05) is 20.8 Å². The highest BCUT2D eigenvalue weighted by molar-refractivity contribution is 5.68. The summed E-state index contributed by atoms with van der Waals surface area (Å²) >= 11 is 0. The molecule has 0 spiro atoms. The lowest BCUT2D eigenvalue weighted by Gasteiger charge is -2.53. The molecule has 61 heavy (non-hydrogen) atoms. The fourth-order valence-corrected chi connectivity index (χ4v) is 7.32. The topological polar surface area (TPSA) is 144 Å². The first kappa shape index (κ1) is 45.5. The maximum absolute atomic E-state index is 17.0. The smallest absolute Gasteiger partial charge is 0.303 e. The number of hydrogen-bond donors (Lipinski definition) is 0. The number of rotatable bonds is 19. The molecule has 13 nitrogen and oxygen atoms in total. The number of ether oxygens (including phenoxy) is 10. The number of carbonyl (C=O) groups excluding carboxylic acids is 3. The van der Waals surface area contributed by atoms with Crippen LogP contribution in [0.3, 0.4) is 0 Å². The molecule has 2 saturated heterocycles. The van der Waals surface area contributed by atoms with Crippen LogP contribution in [0, 0.1) is 0 Å². The van der Waals surface area contributed by atoms with Gasteiger partial charge in [0.1, 0.15) is 37.1 Å². The van der Waals surface area contributed by atoms with E-state index in [4.69, 9.17) is 47.4 Å². The van der Waals surface area contributed by atoms with E-state index in [-0.39, 0.29) is 33.0 Å². The maximum Gasteiger partial charge on any atom is 0.303 e. The summed E-state index contributed by atoms with van der Waals surface area (Å²) < 4.78 is 79.3. The fourth-order valence-electron chi connectivity index (χ4n) is 7.32. The van der Waals surface area contributed by atoms with Crippen LogP contribution in [0.1, 0.15) is 49.9 Å². The molecule has 0 bridgehead atoms. The van der Waals surface area contributed by atoms with E-state index >= 15 is 4.39 Å². The zero-order valence-corrected chi connectivity index (χ0v) is 34.7. The van der Waals surface area contributed by atoms with Crippen molar-refractivity contribution in [3.05, 3.63) is 144 Å². The Morgan fingerprint density at radius 1 is 0.557 bits per heavy atom. The second-order valence-corrected chi connectivity index (χ2v) is 15.0. The average molecular weight is 845 g/mol. The molecule has 14 heteroatoms. The van der Waals surface area contributed by atoms with Gasteiger partial charge in [0.25, 0.3) is 0 Å². The number of esters is 3. The Morgan fingerprint density at radius 3 is 1.51 bits per heavy atom. The van der Waals surface area contributed by atoms with Crippen LogP contribution in [0.5, 0.6) is 0 Å². The summed E-state index contributed by atoms with van der Waals surface area (Å²) in [6, 6.07) is 38.2. The Kier molecular flexibility index (Phi) is 16.5. The molecule has 2 fully saturated rings. The van der Waals surface area contributed by atoms with E-state index in [1.165, 1.54) is 6.92 Å². The van der Waals surface area contributed by atoms with Crippen LogP contribution in [0.4, 0.5) is 4.39 Å². The van der Waals surface area contributed by atoms with E-state index in [2.05, 4.69) is 0 Å². The Morgan fingerprint density at radius 2 is 1.02 bits per heavy atom. The molecule has 10 atom stereocenters. The van der Waals surface area contributed by atoms with Crippen molar-refractivity contribution in [2.24, 2.45) is 0 Å². The number of carbonyl (C=O) groups is 3. The highest BCUT2D eigenvalue weighted by atomic mass is 19.1. The van der Waals surface area contributed by atoms with Crippen molar-refractivity contribution in [2.75, 3.05) is 13.2 Å². The van der Waals surface area contributed by atoms with Crippen LogP contribution in [0.15, 0.2) is 121 Å². The minimum Gasteiger partial charge on any atom is -0.463 e. The molecular weight excluding hydrogens is 792 g/mol. The summed E-state index contributed by atoms with van der Waals surface area (Å²) in [5.74, 6) is -4.24. The Bertz CT molecular complexity index is 1960. The van der Waals surface area contributed by atoms with Crippen LogP contribution >= 0.6 is 0 Å². The van der Waals surface area contributed by atoms with Gasteiger partial charge in [0.05, 0.1) is 33.0 Å². The van der Waals surface area contributed by atoms with Gasteiger partial charge in [-0.3, -0.25) is 14.4 Å². The van der Waals surface area contributed by atoms with Gasteiger partial charge in [-0.15, -0.1) is 0 Å². The van der Waals surface area contributed by atoms with Crippen molar-refractivity contribution in [2.45, 2.75) is 115 Å². The van der Waals surface area contributed by atoms with E-state index < -0.39 is 85.5 Å². The van der Waals surface area contributed by atoms with Gasteiger partial charge >= 0.3 is 17.9 Å². The monoisotopic (exact) mass is 844 g/mol. The fraction of sp³-hybridized carbons (Fsp3) is 0.426. The molecule has 2 aliphatic heterocycles. The summed E-state index contributed by atoms with van der Waals surface area (Å²) in [4.78, 5) is 36.6. The van der Waals surface area contributed by atoms with Crippen LogP contribution in [0.2, 0.25) is 0 Å². The van der Waals surface area contributed by atoms with E-state index in [0.717, 1.165) is 36.1 Å². The van der Waals surface area contributed by atoms with E-state index in [1.807, 2.05) is 121 Å². The zero-order chi connectivity index (χ0) is 43.2. The first-order valence-corrected chi connectivity index (χ1v) is 20.2. The van der Waals surface area contributed by atoms with Crippen molar-refractivity contribution in [3.8, 4) is 0 Å². The molecule has 0 unspecified atom stereocenters. The minimum absolute atomic E-state index is 0.0197. The molecule has 2 aliphatic rings. The molecule has 0 amide bonds. The van der Waals surface area contributed by atoms with Gasteiger partial charge in [-0.2, -0.15) is 0 Å². The third-order valence-electron chi connectivity index (χ3n) is 10.1. The second kappa shape index (κ2) is 22.2. The standard InChI is InChI=1S/C47H53FO13/c1-31(49)53-30-38-42(57-32(2)50)43(58-33(3)51)40(48)46(59-38)61-47(4)45(56-28-37-23-15-8-16-24-37)44(55-27-36-21-13-7-14-22-36)41(54-26-35-19-11-6-12-20-35)39(60-47)29-52-25-34-17-9-5-10-18-34/h5-24,38-46H,25-30H2,1-4H3/t38-,39-,40-,41+,42-,43-,44+,45-,46+,47-/m1/s1. The van der Waals surface area contributed by atoms with Gasteiger partial charge in [-0.25, -0.2) is 4.39 Å². The maximum atomic E-state index is 17.0. The van der Waals surface area contributed by atoms with E-state index in [0.29, 0.717) is 0 Å². The minimum atomic E-state index is -2.25. The predicted molar refractivity (Wildman–Crippen MR) is 217 cm³/mol.